The van der Waals surface area contributed by atoms with Gasteiger partial charge in [0.25, 0.3) is 0 Å². The second kappa shape index (κ2) is 13.3. The summed E-state index contributed by atoms with van der Waals surface area (Å²) in [5.41, 5.74) is 2.72. The third-order valence-electron chi connectivity index (χ3n) is 7.38. The number of anilines is 1. The molecule has 2 heterocycles. The minimum Gasteiger partial charge on any atom is -0.496 e. The van der Waals surface area contributed by atoms with Gasteiger partial charge < -0.3 is 24.3 Å². The number of benzene rings is 2. The molecule has 1 amide bonds. The molecule has 11 nitrogen and oxygen atoms in total. The first kappa shape index (κ1) is 31.5. The Morgan fingerprint density at radius 2 is 1.56 bits per heavy atom. The van der Waals surface area contributed by atoms with E-state index in [9.17, 15) is 4.79 Å². The van der Waals surface area contributed by atoms with Gasteiger partial charge in [0.05, 0.1) is 39.7 Å². The molecule has 4 rings (SSSR count). The van der Waals surface area contributed by atoms with Crippen molar-refractivity contribution in [2.75, 3.05) is 33.8 Å². The third kappa shape index (κ3) is 6.50. The van der Waals surface area contributed by atoms with Crippen LogP contribution in [0.4, 0.5) is 11.4 Å². The molecule has 0 bridgehead atoms. The molecule has 3 aromatic rings. The van der Waals surface area contributed by atoms with Crippen LogP contribution in [0, 0.1) is 11.3 Å². The van der Waals surface area contributed by atoms with Gasteiger partial charge in [0.2, 0.25) is 11.7 Å². The van der Waals surface area contributed by atoms with Crippen molar-refractivity contribution < 1.29 is 23.7 Å². The molecule has 0 saturated heterocycles. The highest BCUT2D eigenvalue weighted by atomic mass is 16.5. The summed E-state index contributed by atoms with van der Waals surface area (Å²) in [7, 11) is 6.30. The Morgan fingerprint density at radius 1 is 0.907 bits per heavy atom. The zero-order valence-corrected chi connectivity index (χ0v) is 26.6. The maximum atomic E-state index is 13.1. The van der Waals surface area contributed by atoms with Gasteiger partial charge in [0.15, 0.2) is 17.3 Å². The molecule has 0 saturated carbocycles. The summed E-state index contributed by atoms with van der Waals surface area (Å²) in [6, 6.07) is 8.97. The van der Waals surface area contributed by atoms with Crippen LogP contribution in [0.15, 0.2) is 40.4 Å². The molecular formula is C32H42N6O5. The number of carbonyl (C=O) groups is 1. The molecule has 0 radical (unpaired) electrons. The molecule has 0 aliphatic carbocycles. The van der Waals surface area contributed by atoms with Gasteiger partial charge in [-0.1, -0.05) is 47.5 Å². The summed E-state index contributed by atoms with van der Waals surface area (Å²) in [5.74, 6) is 3.02. The van der Waals surface area contributed by atoms with E-state index in [1.54, 1.807) is 45.2 Å². The van der Waals surface area contributed by atoms with Crippen LogP contribution in [0.1, 0.15) is 66.1 Å². The fourth-order valence-electron chi connectivity index (χ4n) is 4.95. The quantitative estimate of drug-likeness (QED) is 0.255. The topological polar surface area (TPSA) is 121 Å². The Bertz CT molecular complexity index is 1540. The predicted octanol–water partition coefficient (Wildman–Crippen LogP) is 6.52. The number of unbranched alkanes of at least 4 members (excludes halogenated alkanes) is 1. The van der Waals surface area contributed by atoms with Crippen molar-refractivity contribution in [1.82, 2.24) is 14.9 Å². The molecule has 1 atom stereocenters. The van der Waals surface area contributed by atoms with Crippen LogP contribution in [0.2, 0.25) is 0 Å². The number of amides is 1. The Morgan fingerprint density at radius 3 is 2.16 bits per heavy atom. The molecule has 11 heteroatoms. The van der Waals surface area contributed by atoms with Crippen molar-refractivity contribution >= 4 is 28.7 Å². The lowest BCUT2D eigenvalue weighted by atomic mass is 9.87. The molecular weight excluding hydrogens is 548 g/mol. The first-order valence-electron chi connectivity index (χ1n) is 14.5. The molecule has 1 aromatic heterocycles. The average Bonchev–Trinajstić information content (AvgIpc) is 3.57. The van der Waals surface area contributed by atoms with E-state index in [2.05, 4.69) is 43.2 Å². The van der Waals surface area contributed by atoms with Gasteiger partial charge in [-0.3, -0.25) is 4.79 Å². The second-order valence-corrected chi connectivity index (χ2v) is 11.3. The predicted molar refractivity (Wildman–Crippen MR) is 169 cm³/mol. The lowest BCUT2D eigenvalue weighted by Crippen LogP contribution is -2.27. The zero-order valence-electron chi connectivity index (χ0n) is 26.6. The van der Waals surface area contributed by atoms with Gasteiger partial charge in [-0.25, -0.2) is 4.99 Å². The standard InChI is InChI=1S/C32H42N6O5/c1-10-12-13-19(11-2)31(39)33-20-14-15-23(40-6)21(16-20)29-35-36-30-27(28(32(3,4)5)37-38(29)30)34-22-17-25(42-8)26(43-9)18-24(22)41-7/h14-19H,10-13H2,1-9H3,(H,33,39). The highest BCUT2D eigenvalue weighted by molar-refractivity contribution is 6.50. The molecule has 0 fully saturated rings. The van der Waals surface area contributed by atoms with Gasteiger partial charge in [0.1, 0.15) is 22.9 Å². The van der Waals surface area contributed by atoms with Gasteiger partial charge in [-0.15, -0.1) is 10.2 Å². The van der Waals surface area contributed by atoms with Crippen LogP contribution in [0.3, 0.4) is 0 Å². The molecule has 1 aliphatic rings. The Balaban J connectivity index is 1.81. The fourth-order valence-corrected chi connectivity index (χ4v) is 4.95. The number of aromatic nitrogens is 3. The Kier molecular flexibility index (Phi) is 9.73. The van der Waals surface area contributed by atoms with Gasteiger partial charge in [-0.2, -0.15) is 9.78 Å². The van der Waals surface area contributed by atoms with Crippen LogP contribution in [-0.2, 0) is 4.79 Å². The number of aliphatic imine (C=N–C) groups is 1. The number of ether oxygens (including phenoxy) is 4. The first-order valence-corrected chi connectivity index (χ1v) is 14.5. The first-order chi connectivity index (χ1) is 20.6. The number of methoxy groups -OCH3 is 4. The number of hydrogen-bond acceptors (Lipinski definition) is 9. The highest BCUT2D eigenvalue weighted by Gasteiger charge is 2.36. The van der Waals surface area contributed by atoms with E-state index in [0.717, 1.165) is 31.4 Å². The van der Waals surface area contributed by atoms with E-state index in [1.807, 2.05) is 25.1 Å². The van der Waals surface area contributed by atoms with Crippen molar-refractivity contribution in [1.29, 1.82) is 0 Å². The van der Waals surface area contributed by atoms with Crippen molar-refractivity contribution in [3.63, 3.8) is 0 Å². The van der Waals surface area contributed by atoms with E-state index < -0.39 is 0 Å². The van der Waals surface area contributed by atoms with E-state index >= 15 is 0 Å². The average molecular weight is 591 g/mol. The van der Waals surface area contributed by atoms with E-state index in [1.165, 1.54) is 0 Å². The minimum atomic E-state index is -0.381. The largest absolute Gasteiger partial charge is 0.496 e. The molecule has 2 aromatic carbocycles. The number of nitrogens with one attached hydrogen (secondary N) is 1. The summed E-state index contributed by atoms with van der Waals surface area (Å²) in [5, 5.41) is 17.0. The summed E-state index contributed by atoms with van der Waals surface area (Å²) in [4.78, 5) is 18.0. The van der Waals surface area contributed by atoms with E-state index in [4.69, 9.17) is 29.0 Å². The summed E-state index contributed by atoms with van der Waals surface area (Å²) >= 11 is 0. The SMILES string of the molecule is CCCCC(CC)C(=O)Nc1ccc(OC)c(-c2nnc3n2N=C(C(C)(C)C)C3=Nc2cc(OC)c(OC)cc2OC)c1. The number of rotatable bonds is 12. The Labute approximate surface area is 253 Å². The lowest BCUT2D eigenvalue weighted by Gasteiger charge is -2.18. The van der Waals surface area contributed by atoms with Crippen molar-refractivity contribution in [2.24, 2.45) is 21.4 Å². The molecule has 1 N–H and O–H groups in total. The summed E-state index contributed by atoms with van der Waals surface area (Å²) in [6.45, 7) is 10.4. The maximum absolute atomic E-state index is 13.1. The van der Waals surface area contributed by atoms with Gasteiger partial charge >= 0.3 is 0 Å². The summed E-state index contributed by atoms with van der Waals surface area (Å²) < 4.78 is 23.9. The van der Waals surface area contributed by atoms with Crippen molar-refractivity contribution in [2.45, 2.75) is 60.3 Å². The number of carbonyl (C=O) groups excluding carboxylic acids is 1. The maximum Gasteiger partial charge on any atom is 0.227 e. The molecule has 1 unspecified atom stereocenters. The van der Waals surface area contributed by atoms with E-state index in [-0.39, 0.29) is 17.2 Å². The van der Waals surface area contributed by atoms with Crippen LogP contribution in [-0.4, -0.2) is 60.6 Å². The van der Waals surface area contributed by atoms with Crippen LogP contribution in [0.5, 0.6) is 23.0 Å². The molecule has 43 heavy (non-hydrogen) atoms. The van der Waals surface area contributed by atoms with Gasteiger partial charge in [-0.05, 0) is 31.0 Å². The number of hydrogen-bond donors (Lipinski definition) is 1. The minimum absolute atomic E-state index is 0.00450. The van der Waals surface area contributed by atoms with E-state index in [0.29, 0.717) is 57.3 Å². The molecule has 1 aliphatic heterocycles. The van der Waals surface area contributed by atoms with Gasteiger partial charge in [0, 0.05) is 29.2 Å². The normalized spacial score (nSPS) is 14.3. The summed E-state index contributed by atoms with van der Waals surface area (Å²) in [6.07, 6.45) is 3.70. The monoisotopic (exact) mass is 590 g/mol. The molecule has 0 spiro atoms. The smallest absolute Gasteiger partial charge is 0.227 e. The fraction of sp³-hybridized carbons (Fsp3) is 0.469. The highest BCUT2D eigenvalue weighted by Crippen LogP contribution is 2.41. The lowest BCUT2D eigenvalue weighted by molar-refractivity contribution is -0.120. The van der Waals surface area contributed by atoms with Crippen LogP contribution >= 0.6 is 0 Å². The van der Waals surface area contributed by atoms with Crippen LogP contribution in [0.25, 0.3) is 11.4 Å². The molecule has 230 valence electrons. The Hall–Kier alpha value is -4.41. The third-order valence-corrected chi connectivity index (χ3v) is 7.38. The number of nitrogens with zero attached hydrogens (tertiary/aromatic N) is 5. The van der Waals surface area contributed by atoms with Crippen LogP contribution < -0.4 is 24.3 Å². The number of fused-ring (bicyclic) bond motifs is 1. The second-order valence-electron chi connectivity index (χ2n) is 11.3. The zero-order chi connectivity index (χ0) is 31.3. The van der Waals surface area contributed by atoms with Crippen molar-refractivity contribution in [3.05, 3.63) is 36.2 Å². The van der Waals surface area contributed by atoms with Crippen molar-refractivity contribution in [3.8, 4) is 34.4 Å².